The quantitative estimate of drug-likeness (QED) is 0.492. The van der Waals surface area contributed by atoms with E-state index < -0.39 is 0 Å². The Morgan fingerprint density at radius 1 is 1.35 bits per heavy atom. The van der Waals surface area contributed by atoms with Gasteiger partial charge in [0.15, 0.2) is 5.96 Å². The molecule has 3 N–H and O–H groups in total. The van der Waals surface area contributed by atoms with Gasteiger partial charge >= 0.3 is 0 Å². The second kappa shape index (κ2) is 10.8. The van der Waals surface area contributed by atoms with Crippen molar-refractivity contribution >= 4 is 11.9 Å². The minimum Gasteiger partial charge on any atom is -0.376 e. The molecule has 0 radical (unpaired) electrons. The highest BCUT2D eigenvalue weighted by Gasteiger charge is 2.15. The van der Waals surface area contributed by atoms with Gasteiger partial charge in [-0.15, -0.1) is 0 Å². The lowest BCUT2D eigenvalue weighted by Crippen LogP contribution is -2.41. The molecule has 26 heavy (non-hydrogen) atoms. The van der Waals surface area contributed by atoms with E-state index in [9.17, 15) is 4.79 Å². The summed E-state index contributed by atoms with van der Waals surface area (Å²) in [5, 5.41) is 9.59. The van der Waals surface area contributed by atoms with Crippen LogP contribution in [0.4, 0.5) is 0 Å². The van der Waals surface area contributed by atoms with E-state index in [1.54, 1.807) is 0 Å². The van der Waals surface area contributed by atoms with E-state index >= 15 is 0 Å². The maximum atomic E-state index is 12.3. The Morgan fingerprint density at radius 3 is 2.88 bits per heavy atom. The van der Waals surface area contributed by atoms with Crippen molar-refractivity contribution in [3.05, 3.63) is 35.4 Å². The largest absolute Gasteiger partial charge is 0.376 e. The summed E-state index contributed by atoms with van der Waals surface area (Å²) in [5.74, 6) is 0.742. The molecule has 0 bridgehead atoms. The van der Waals surface area contributed by atoms with E-state index in [1.807, 2.05) is 38.1 Å². The number of carbonyl (C=O) groups excluding carboxylic acids is 1. The van der Waals surface area contributed by atoms with Crippen molar-refractivity contribution in [2.24, 2.45) is 4.99 Å². The predicted octanol–water partition coefficient (Wildman–Crippen LogP) is 2.45. The normalized spacial score (nSPS) is 18.4. The van der Waals surface area contributed by atoms with Crippen molar-refractivity contribution in [3.8, 4) is 0 Å². The Kier molecular flexibility index (Phi) is 8.41. The van der Waals surface area contributed by atoms with Crippen LogP contribution in [0.5, 0.6) is 0 Å². The fraction of sp³-hybridized carbons (Fsp3) is 0.600. The Hall–Kier alpha value is -2.08. The average molecular weight is 361 g/mol. The maximum Gasteiger partial charge on any atom is 0.251 e. The first kappa shape index (κ1) is 20.2. The number of rotatable bonds is 8. The van der Waals surface area contributed by atoms with Crippen molar-refractivity contribution in [1.82, 2.24) is 16.0 Å². The van der Waals surface area contributed by atoms with Gasteiger partial charge in [0.2, 0.25) is 0 Å². The van der Waals surface area contributed by atoms with Gasteiger partial charge in [-0.3, -0.25) is 4.79 Å². The number of hydrogen-bond acceptors (Lipinski definition) is 3. The number of nitrogens with one attached hydrogen (secondary N) is 3. The molecule has 0 spiro atoms. The van der Waals surface area contributed by atoms with E-state index in [0.29, 0.717) is 12.1 Å². The molecule has 0 aromatic heterocycles. The topological polar surface area (TPSA) is 74.8 Å². The number of amides is 1. The average Bonchev–Trinajstić information content (AvgIpc) is 3.17. The lowest BCUT2D eigenvalue weighted by Gasteiger charge is -2.15. The van der Waals surface area contributed by atoms with Crippen LogP contribution in [0.15, 0.2) is 29.3 Å². The fourth-order valence-electron chi connectivity index (χ4n) is 2.75. The van der Waals surface area contributed by atoms with Gasteiger partial charge in [0.1, 0.15) is 0 Å². The van der Waals surface area contributed by atoms with Gasteiger partial charge < -0.3 is 20.7 Å². The number of guanidine groups is 1. The Balaban J connectivity index is 1.94. The van der Waals surface area contributed by atoms with Crippen molar-refractivity contribution in [2.45, 2.75) is 58.7 Å². The van der Waals surface area contributed by atoms with Gasteiger partial charge in [0.05, 0.1) is 12.6 Å². The molecule has 6 heteroatoms. The van der Waals surface area contributed by atoms with Crippen molar-refractivity contribution in [3.63, 3.8) is 0 Å². The summed E-state index contributed by atoms with van der Waals surface area (Å²) in [6.07, 6.45) is 3.41. The van der Waals surface area contributed by atoms with Crippen LogP contribution in [0.1, 0.15) is 56.0 Å². The van der Waals surface area contributed by atoms with Crippen LogP contribution in [0, 0.1) is 0 Å². The minimum absolute atomic E-state index is 0.0337. The van der Waals surface area contributed by atoms with Crippen LogP contribution in [0.3, 0.4) is 0 Å². The number of carbonyl (C=O) groups is 1. The van der Waals surface area contributed by atoms with Gasteiger partial charge in [0, 0.05) is 31.3 Å². The van der Waals surface area contributed by atoms with Crippen molar-refractivity contribution in [1.29, 1.82) is 0 Å². The first-order valence-corrected chi connectivity index (χ1v) is 9.66. The molecule has 0 aliphatic carbocycles. The number of nitrogens with zero attached hydrogens (tertiary/aromatic N) is 1. The summed E-state index contributed by atoms with van der Waals surface area (Å²) in [4.78, 5) is 16.9. The van der Waals surface area contributed by atoms with Gasteiger partial charge in [0.25, 0.3) is 5.91 Å². The third-order valence-corrected chi connectivity index (χ3v) is 4.46. The summed E-state index contributed by atoms with van der Waals surface area (Å²) in [6, 6.07) is 7.82. The fourth-order valence-corrected chi connectivity index (χ4v) is 2.75. The highest BCUT2D eigenvalue weighted by Crippen LogP contribution is 2.11. The summed E-state index contributed by atoms with van der Waals surface area (Å²) < 4.78 is 5.64. The monoisotopic (exact) mass is 360 g/mol. The lowest BCUT2D eigenvalue weighted by atomic mass is 10.1. The second-order valence-electron chi connectivity index (χ2n) is 6.69. The number of hydrogen-bond donors (Lipinski definition) is 3. The molecule has 1 heterocycles. The predicted molar refractivity (Wildman–Crippen MR) is 105 cm³/mol. The van der Waals surface area contributed by atoms with E-state index in [0.717, 1.165) is 50.5 Å². The van der Waals surface area contributed by atoms with Crippen LogP contribution >= 0.6 is 0 Å². The molecule has 1 aromatic rings. The SMILES string of the molecule is CCNC(=NCc1cccc(C(=O)NC(C)CC)c1)NCC1CCCO1. The second-order valence-corrected chi connectivity index (χ2v) is 6.69. The molecular formula is C20H32N4O2. The van der Waals surface area contributed by atoms with Crippen molar-refractivity contribution in [2.75, 3.05) is 19.7 Å². The van der Waals surface area contributed by atoms with Crippen LogP contribution < -0.4 is 16.0 Å². The zero-order valence-electron chi connectivity index (χ0n) is 16.2. The number of benzene rings is 1. The highest BCUT2D eigenvalue weighted by molar-refractivity contribution is 5.94. The number of aliphatic imine (C=N–C) groups is 1. The third-order valence-electron chi connectivity index (χ3n) is 4.46. The molecule has 0 saturated carbocycles. The standard InChI is InChI=1S/C20H32N4O2/c1-4-15(3)24-19(25)17-9-6-8-16(12-17)13-22-20(21-5-2)23-14-18-10-7-11-26-18/h6,8-9,12,15,18H,4-5,7,10-11,13-14H2,1-3H3,(H,24,25)(H2,21,22,23). The van der Waals surface area contributed by atoms with E-state index in [4.69, 9.17) is 4.74 Å². The molecule has 144 valence electrons. The number of ether oxygens (including phenoxy) is 1. The Labute approximate surface area is 156 Å². The summed E-state index contributed by atoms with van der Waals surface area (Å²) >= 11 is 0. The van der Waals surface area contributed by atoms with E-state index in [-0.39, 0.29) is 18.1 Å². The van der Waals surface area contributed by atoms with Gasteiger partial charge in [-0.2, -0.15) is 0 Å². The molecule has 1 aliphatic rings. The smallest absolute Gasteiger partial charge is 0.251 e. The third kappa shape index (κ3) is 6.67. The molecule has 2 rings (SSSR count). The molecule has 2 unspecified atom stereocenters. The minimum atomic E-state index is -0.0337. The highest BCUT2D eigenvalue weighted by atomic mass is 16.5. The molecule has 1 fully saturated rings. The Bertz CT molecular complexity index is 597. The van der Waals surface area contributed by atoms with Gasteiger partial charge in [-0.1, -0.05) is 19.1 Å². The van der Waals surface area contributed by atoms with Crippen LogP contribution in [0.2, 0.25) is 0 Å². The van der Waals surface area contributed by atoms with Crippen molar-refractivity contribution < 1.29 is 9.53 Å². The molecule has 1 saturated heterocycles. The summed E-state index contributed by atoms with van der Waals surface area (Å²) in [5.41, 5.74) is 1.69. The van der Waals surface area contributed by atoms with Crippen LogP contribution in [-0.4, -0.2) is 43.7 Å². The van der Waals surface area contributed by atoms with Crippen LogP contribution in [0.25, 0.3) is 0 Å². The molecule has 1 amide bonds. The molecular weight excluding hydrogens is 328 g/mol. The summed E-state index contributed by atoms with van der Waals surface area (Å²) in [7, 11) is 0. The molecule has 2 atom stereocenters. The maximum absolute atomic E-state index is 12.3. The lowest BCUT2D eigenvalue weighted by molar-refractivity contribution is 0.0939. The Morgan fingerprint density at radius 2 is 2.19 bits per heavy atom. The van der Waals surface area contributed by atoms with E-state index in [2.05, 4.69) is 27.9 Å². The molecule has 1 aromatic carbocycles. The van der Waals surface area contributed by atoms with Crippen LogP contribution in [-0.2, 0) is 11.3 Å². The summed E-state index contributed by atoms with van der Waals surface area (Å²) in [6.45, 7) is 9.05. The first-order chi connectivity index (χ1) is 12.6. The molecule has 6 nitrogen and oxygen atoms in total. The zero-order chi connectivity index (χ0) is 18.8. The van der Waals surface area contributed by atoms with Gasteiger partial charge in [-0.05, 0) is 50.8 Å². The van der Waals surface area contributed by atoms with Gasteiger partial charge in [-0.25, -0.2) is 4.99 Å². The molecule has 1 aliphatic heterocycles. The van der Waals surface area contributed by atoms with E-state index in [1.165, 1.54) is 0 Å². The first-order valence-electron chi connectivity index (χ1n) is 9.66. The zero-order valence-corrected chi connectivity index (χ0v) is 16.2.